The van der Waals surface area contributed by atoms with Crippen LogP contribution in [0.5, 0.6) is 0 Å². The molecule has 0 radical (unpaired) electrons. The van der Waals surface area contributed by atoms with Gasteiger partial charge in [0.05, 0.1) is 10.6 Å². The summed E-state index contributed by atoms with van der Waals surface area (Å²) in [6.07, 6.45) is 4.79. The Morgan fingerprint density at radius 2 is 2.15 bits per heavy atom. The van der Waals surface area contributed by atoms with E-state index in [-0.39, 0.29) is 5.57 Å². The standard InChI is InChI=1S/C21H22ClNO4/c1-12-9-17(22)16(18-5-6-19(27-18)21(26)7-2-8-21)10-15(12)14(20(24)25)4-3-13-11-23-13/h4-6,9-10,13,23,26H,2-3,7-8,11H2,1H3,(H,24,25)/b14-4+. The lowest BCUT2D eigenvalue weighted by Gasteiger charge is -2.34. The van der Waals surface area contributed by atoms with E-state index >= 15 is 0 Å². The van der Waals surface area contributed by atoms with E-state index in [9.17, 15) is 15.0 Å². The van der Waals surface area contributed by atoms with Gasteiger partial charge in [0.25, 0.3) is 0 Å². The normalized spacial score (nSPS) is 21.0. The fourth-order valence-electron chi connectivity index (χ4n) is 3.47. The largest absolute Gasteiger partial charge is 0.478 e. The summed E-state index contributed by atoms with van der Waals surface area (Å²) >= 11 is 6.43. The monoisotopic (exact) mass is 387 g/mol. The molecule has 1 aromatic heterocycles. The van der Waals surface area contributed by atoms with Gasteiger partial charge in [0.2, 0.25) is 0 Å². The van der Waals surface area contributed by atoms with E-state index in [0.29, 0.717) is 53.0 Å². The Bertz CT molecular complexity index is 922. The summed E-state index contributed by atoms with van der Waals surface area (Å²) in [5, 5.41) is 23.8. The first-order valence-electron chi connectivity index (χ1n) is 9.18. The summed E-state index contributed by atoms with van der Waals surface area (Å²) in [5.41, 5.74) is 1.43. The molecule has 1 atom stereocenters. The molecule has 1 unspecified atom stereocenters. The maximum absolute atomic E-state index is 11.8. The van der Waals surface area contributed by atoms with Gasteiger partial charge >= 0.3 is 5.97 Å². The molecule has 0 bridgehead atoms. The summed E-state index contributed by atoms with van der Waals surface area (Å²) in [6, 6.07) is 7.45. The highest BCUT2D eigenvalue weighted by Gasteiger charge is 2.39. The Morgan fingerprint density at radius 1 is 1.41 bits per heavy atom. The molecule has 0 amide bonds. The van der Waals surface area contributed by atoms with E-state index in [1.165, 1.54) is 0 Å². The van der Waals surface area contributed by atoms with Crippen molar-refractivity contribution in [3.8, 4) is 11.3 Å². The van der Waals surface area contributed by atoms with Gasteiger partial charge in [0.1, 0.15) is 17.1 Å². The average Bonchev–Trinajstić information content (AvgIpc) is 3.28. The van der Waals surface area contributed by atoms with E-state index < -0.39 is 11.6 Å². The molecule has 6 heteroatoms. The fourth-order valence-corrected chi connectivity index (χ4v) is 3.78. The van der Waals surface area contributed by atoms with Crippen LogP contribution in [0.1, 0.15) is 42.6 Å². The zero-order valence-electron chi connectivity index (χ0n) is 15.1. The number of benzene rings is 1. The highest BCUT2D eigenvalue weighted by molar-refractivity contribution is 6.33. The third kappa shape index (κ3) is 3.55. The molecule has 1 saturated heterocycles. The van der Waals surface area contributed by atoms with E-state index in [0.717, 1.165) is 18.5 Å². The molecule has 27 heavy (non-hydrogen) atoms. The van der Waals surface area contributed by atoms with Crippen molar-refractivity contribution in [1.82, 2.24) is 5.32 Å². The molecular weight excluding hydrogens is 366 g/mol. The quantitative estimate of drug-likeness (QED) is 0.512. The molecular formula is C21H22ClNO4. The number of hydrogen-bond donors (Lipinski definition) is 3. The van der Waals surface area contributed by atoms with Crippen molar-refractivity contribution in [1.29, 1.82) is 0 Å². The van der Waals surface area contributed by atoms with E-state index in [2.05, 4.69) is 5.32 Å². The first kappa shape index (κ1) is 18.3. The molecule has 1 aliphatic carbocycles. The molecule has 2 fully saturated rings. The van der Waals surface area contributed by atoms with Crippen LogP contribution in [0.3, 0.4) is 0 Å². The minimum absolute atomic E-state index is 0.267. The molecule has 5 nitrogen and oxygen atoms in total. The van der Waals surface area contributed by atoms with Crippen LogP contribution in [0, 0.1) is 6.92 Å². The number of carboxylic acid groups (broad SMARTS) is 1. The van der Waals surface area contributed by atoms with Crippen molar-refractivity contribution in [2.45, 2.75) is 44.2 Å². The van der Waals surface area contributed by atoms with Crippen LogP contribution < -0.4 is 5.32 Å². The van der Waals surface area contributed by atoms with Gasteiger partial charge in [-0.05, 0) is 68.0 Å². The zero-order chi connectivity index (χ0) is 19.2. The minimum Gasteiger partial charge on any atom is -0.478 e. The second-order valence-corrected chi connectivity index (χ2v) is 7.87. The maximum Gasteiger partial charge on any atom is 0.335 e. The van der Waals surface area contributed by atoms with Crippen molar-refractivity contribution in [2.24, 2.45) is 0 Å². The van der Waals surface area contributed by atoms with Crippen molar-refractivity contribution in [2.75, 3.05) is 6.54 Å². The van der Waals surface area contributed by atoms with Crippen LogP contribution in [0.2, 0.25) is 5.02 Å². The second-order valence-electron chi connectivity index (χ2n) is 7.46. The molecule has 1 saturated carbocycles. The lowest BCUT2D eigenvalue weighted by molar-refractivity contribution is -0.130. The van der Waals surface area contributed by atoms with Crippen molar-refractivity contribution < 1.29 is 19.4 Å². The minimum atomic E-state index is -0.962. The lowest BCUT2D eigenvalue weighted by Crippen LogP contribution is -2.32. The Morgan fingerprint density at radius 3 is 2.74 bits per heavy atom. The number of carbonyl (C=O) groups is 1. The third-order valence-electron chi connectivity index (χ3n) is 5.44. The van der Waals surface area contributed by atoms with Gasteiger partial charge in [-0.15, -0.1) is 0 Å². The molecule has 3 N–H and O–H groups in total. The van der Waals surface area contributed by atoms with Crippen LogP contribution in [-0.2, 0) is 10.4 Å². The van der Waals surface area contributed by atoms with Crippen molar-refractivity contribution in [3.05, 3.63) is 52.3 Å². The molecule has 0 spiro atoms. The third-order valence-corrected chi connectivity index (χ3v) is 5.76. The fraction of sp³-hybridized carbons (Fsp3) is 0.381. The Labute approximate surface area is 162 Å². The summed E-state index contributed by atoms with van der Waals surface area (Å²) in [4.78, 5) is 11.8. The molecule has 142 valence electrons. The summed E-state index contributed by atoms with van der Waals surface area (Å²) < 4.78 is 5.89. The van der Waals surface area contributed by atoms with Crippen LogP contribution in [0.15, 0.2) is 34.8 Å². The summed E-state index contributed by atoms with van der Waals surface area (Å²) in [7, 11) is 0. The Kier molecular flexibility index (Phi) is 4.62. The first-order valence-corrected chi connectivity index (χ1v) is 9.55. The molecule has 4 rings (SSSR count). The first-order chi connectivity index (χ1) is 12.9. The Balaban J connectivity index is 1.72. The van der Waals surface area contributed by atoms with E-state index in [1.807, 2.05) is 6.92 Å². The lowest BCUT2D eigenvalue weighted by atomic mass is 9.78. The molecule has 2 aromatic rings. The number of furan rings is 1. The number of nitrogens with one attached hydrogen (secondary N) is 1. The number of aliphatic hydroxyl groups is 1. The van der Waals surface area contributed by atoms with Crippen LogP contribution in [0.4, 0.5) is 0 Å². The summed E-state index contributed by atoms with van der Waals surface area (Å²) in [6.45, 7) is 2.77. The van der Waals surface area contributed by atoms with Crippen molar-refractivity contribution in [3.63, 3.8) is 0 Å². The maximum atomic E-state index is 11.8. The SMILES string of the molecule is Cc1cc(Cl)c(-c2ccc(C3(O)CCC3)o2)cc1/C(=C\CC1CN1)C(=O)O. The topological polar surface area (TPSA) is 92.6 Å². The van der Waals surface area contributed by atoms with Gasteiger partial charge in [-0.25, -0.2) is 4.79 Å². The van der Waals surface area contributed by atoms with Gasteiger partial charge in [0.15, 0.2) is 0 Å². The highest BCUT2D eigenvalue weighted by atomic mass is 35.5. The molecule has 1 aliphatic heterocycles. The number of rotatable bonds is 6. The van der Waals surface area contributed by atoms with Gasteiger partial charge in [-0.1, -0.05) is 17.7 Å². The van der Waals surface area contributed by atoms with Gasteiger partial charge < -0.3 is 19.9 Å². The molecule has 2 aliphatic rings. The van der Waals surface area contributed by atoms with Crippen LogP contribution in [-0.4, -0.2) is 28.8 Å². The summed E-state index contributed by atoms with van der Waals surface area (Å²) in [5.74, 6) is 0.108. The van der Waals surface area contributed by atoms with E-state index in [4.69, 9.17) is 16.0 Å². The number of aliphatic carboxylic acids is 1. The Hall–Kier alpha value is -2.08. The van der Waals surface area contributed by atoms with E-state index in [1.54, 1.807) is 30.3 Å². The highest BCUT2D eigenvalue weighted by Crippen LogP contribution is 2.43. The number of hydrogen-bond acceptors (Lipinski definition) is 4. The number of carboxylic acids is 1. The van der Waals surface area contributed by atoms with Crippen LogP contribution >= 0.6 is 11.6 Å². The van der Waals surface area contributed by atoms with Crippen LogP contribution in [0.25, 0.3) is 16.9 Å². The predicted molar refractivity (Wildman–Crippen MR) is 104 cm³/mol. The molecule has 1 aromatic carbocycles. The smallest absolute Gasteiger partial charge is 0.335 e. The predicted octanol–water partition coefficient (Wildman–Crippen LogP) is 4.11. The van der Waals surface area contributed by atoms with Crippen molar-refractivity contribution >= 4 is 23.1 Å². The average molecular weight is 388 g/mol. The zero-order valence-corrected chi connectivity index (χ0v) is 15.8. The molecule has 2 heterocycles. The van der Waals surface area contributed by atoms with Gasteiger partial charge in [-0.3, -0.25) is 0 Å². The number of halogens is 1. The van der Waals surface area contributed by atoms with Gasteiger partial charge in [0, 0.05) is 18.2 Å². The second kappa shape index (κ2) is 6.82. The van der Waals surface area contributed by atoms with Gasteiger partial charge in [-0.2, -0.15) is 0 Å². The number of aryl methyl sites for hydroxylation is 1.